The van der Waals surface area contributed by atoms with Crippen LogP contribution in [0, 0.1) is 0 Å². The Morgan fingerprint density at radius 3 is 2.50 bits per heavy atom. The Kier molecular flexibility index (Phi) is 3.32. The number of benzene rings is 1. The van der Waals surface area contributed by atoms with Crippen LogP contribution in [0.1, 0.15) is 0 Å². The van der Waals surface area contributed by atoms with E-state index in [1.165, 1.54) is 18.2 Å². The van der Waals surface area contributed by atoms with Crippen molar-refractivity contribution in [3.63, 3.8) is 0 Å². The molecule has 1 aromatic heterocycles. The van der Waals surface area contributed by atoms with Gasteiger partial charge in [-0.05, 0) is 12.1 Å². The van der Waals surface area contributed by atoms with E-state index in [0.717, 1.165) is 0 Å². The molecule has 1 aromatic carbocycles. The van der Waals surface area contributed by atoms with Crippen LogP contribution in [-0.2, 0) is 14.8 Å². The van der Waals surface area contributed by atoms with Crippen LogP contribution in [0.3, 0.4) is 0 Å². The largest absolute Gasteiger partial charge is 0.480 e. The standard InChI is InChI=1S/C10H9N3O6S/c14-7(15)4-20(18,19)13-6-3-1-2-5-8(6)10(17)12-11-9(5)16/h1-3,13H,4H2,(H,11,16)(H,12,17)(H,14,15). The lowest BCUT2D eigenvalue weighted by atomic mass is 10.2. The Morgan fingerprint density at radius 1 is 1.20 bits per heavy atom. The van der Waals surface area contributed by atoms with Gasteiger partial charge in [-0.2, -0.15) is 0 Å². The van der Waals surface area contributed by atoms with Gasteiger partial charge in [0.25, 0.3) is 11.1 Å². The number of sulfonamides is 1. The monoisotopic (exact) mass is 299 g/mol. The average molecular weight is 299 g/mol. The van der Waals surface area contributed by atoms with Gasteiger partial charge in [0.15, 0.2) is 5.75 Å². The summed E-state index contributed by atoms with van der Waals surface area (Å²) in [7, 11) is -4.17. The van der Waals surface area contributed by atoms with Gasteiger partial charge in [-0.1, -0.05) is 6.07 Å². The molecule has 10 heteroatoms. The minimum absolute atomic E-state index is 0.00993. The Hall–Kier alpha value is -2.62. The first kappa shape index (κ1) is 13.8. The maximum atomic E-state index is 11.7. The van der Waals surface area contributed by atoms with Crippen LogP contribution in [0.25, 0.3) is 10.8 Å². The molecule has 0 atom stereocenters. The van der Waals surface area contributed by atoms with E-state index in [-0.39, 0.29) is 16.5 Å². The highest BCUT2D eigenvalue weighted by Crippen LogP contribution is 2.18. The van der Waals surface area contributed by atoms with Crippen LogP contribution in [0.5, 0.6) is 0 Å². The molecular weight excluding hydrogens is 290 g/mol. The Morgan fingerprint density at radius 2 is 1.85 bits per heavy atom. The summed E-state index contributed by atoms with van der Waals surface area (Å²) >= 11 is 0. The Balaban J connectivity index is 2.62. The second-order valence-corrected chi connectivity index (χ2v) is 5.61. The molecule has 0 spiro atoms. The molecule has 0 aliphatic rings. The number of hydrogen-bond acceptors (Lipinski definition) is 5. The summed E-state index contributed by atoms with van der Waals surface area (Å²) in [5, 5.41) is 12.5. The van der Waals surface area contributed by atoms with Crippen molar-refractivity contribution < 1.29 is 18.3 Å². The normalized spacial score (nSPS) is 11.4. The van der Waals surface area contributed by atoms with E-state index in [0.29, 0.717) is 0 Å². The van der Waals surface area contributed by atoms with Crippen LogP contribution >= 0.6 is 0 Å². The topological polar surface area (TPSA) is 149 Å². The zero-order chi connectivity index (χ0) is 14.9. The number of carboxylic acids is 1. The number of carbonyl (C=O) groups is 1. The number of anilines is 1. The zero-order valence-electron chi connectivity index (χ0n) is 9.84. The second-order valence-electron chi connectivity index (χ2n) is 3.89. The minimum Gasteiger partial charge on any atom is -0.480 e. The van der Waals surface area contributed by atoms with Crippen LogP contribution in [0.2, 0.25) is 0 Å². The van der Waals surface area contributed by atoms with E-state index in [4.69, 9.17) is 5.11 Å². The fourth-order valence-electron chi connectivity index (χ4n) is 1.68. The predicted molar refractivity (Wildman–Crippen MR) is 70.2 cm³/mol. The summed E-state index contributed by atoms with van der Waals surface area (Å²) in [5.41, 5.74) is -1.46. The van der Waals surface area contributed by atoms with Gasteiger partial charge in [0.1, 0.15) is 0 Å². The highest BCUT2D eigenvalue weighted by molar-refractivity contribution is 7.93. The van der Waals surface area contributed by atoms with Crippen molar-refractivity contribution >= 4 is 32.5 Å². The lowest BCUT2D eigenvalue weighted by molar-refractivity contribution is -0.134. The first-order chi connectivity index (χ1) is 9.30. The molecule has 20 heavy (non-hydrogen) atoms. The third-order valence-electron chi connectivity index (χ3n) is 2.40. The molecule has 0 bridgehead atoms. The Bertz CT molecular complexity index is 895. The molecule has 2 rings (SSSR count). The maximum absolute atomic E-state index is 11.7. The fourth-order valence-corrected chi connectivity index (χ4v) is 2.58. The van der Waals surface area contributed by atoms with Crippen molar-refractivity contribution in [3.05, 3.63) is 38.9 Å². The van der Waals surface area contributed by atoms with Crippen molar-refractivity contribution in [3.8, 4) is 0 Å². The molecule has 0 saturated carbocycles. The Labute approximate surface area is 111 Å². The van der Waals surface area contributed by atoms with E-state index in [9.17, 15) is 22.8 Å². The van der Waals surface area contributed by atoms with Gasteiger partial charge < -0.3 is 5.11 Å². The van der Waals surface area contributed by atoms with Gasteiger partial charge in [0.2, 0.25) is 10.0 Å². The molecule has 2 aromatic rings. The van der Waals surface area contributed by atoms with E-state index in [1.807, 2.05) is 4.72 Å². The molecule has 0 aliphatic carbocycles. The first-order valence-corrected chi connectivity index (χ1v) is 6.91. The SMILES string of the molecule is O=C(O)CS(=O)(=O)Nc1cccc2c(=O)[nH][nH]c(=O)c12. The highest BCUT2D eigenvalue weighted by Gasteiger charge is 2.18. The smallest absolute Gasteiger partial charge is 0.320 e. The number of aromatic nitrogens is 2. The van der Waals surface area contributed by atoms with Crippen molar-refractivity contribution in [2.75, 3.05) is 10.5 Å². The molecule has 9 nitrogen and oxygen atoms in total. The molecular formula is C10H9N3O6S. The summed E-state index contributed by atoms with van der Waals surface area (Å²) in [6, 6.07) is 3.98. The van der Waals surface area contributed by atoms with Gasteiger partial charge in [-0.25, -0.2) is 8.42 Å². The molecule has 0 saturated heterocycles. The summed E-state index contributed by atoms with van der Waals surface area (Å²) < 4.78 is 25.1. The third kappa shape index (κ3) is 2.69. The summed E-state index contributed by atoms with van der Waals surface area (Å²) in [6.45, 7) is 0. The number of nitrogens with one attached hydrogen (secondary N) is 3. The van der Waals surface area contributed by atoms with E-state index in [1.54, 1.807) is 0 Å². The highest BCUT2D eigenvalue weighted by atomic mass is 32.2. The summed E-state index contributed by atoms with van der Waals surface area (Å²) in [6.07, 6.45) is 0. The molecule has 0 radical (unpaired) electrons. The van der Waals surface area contributed by atoms with Crippen LogP contribution < -0.4 is 15.8 Å². The van der Waals surface area contributed by atoms with Gasteiger partial charge in [0, 0.05) is 0 Å². The number of aliphatic carboxylic acids is 1. The van der Waals surface area contributed by atoms with Crippen molar-refractivity contribution in [1.82, 2.24) is 10.2 Å². The van der Waals surface area contributed by atoms with Crippen molar-refractivity contribution in [1.29, 1.82) is 0 Å². The van der Waals surface area contributed by atoms with Gasteiger partial charge in [-0.3, -0.25) is 29.3 Å². The van der Waals surface area contributed by atoms with Crippen molar-refractivity contribution in [2.45, 2.75) is 0 Å². The third-order valence-corrected chi connectivity index (χ3v) is 3.56. The number of fused-ring (bicyclic) bond motifs is 1. The second kappa shape index (κ2) is 4.81. The quantitative estimate of drug-likeness (QED) is 0.571. The lowest BCUT2D eigenvalue weighted by Gasteiger charge is -2.08. The molecule has 1 heterocycles. The fraction of sp³-hybridized carbons (Fsp3) is 0.100. The van der Waals surface area contributed by atoms with Gasteiger partial charge in [0.05, 0.1) is 16.5 Å². The van der Waals surface area contributed by atoms with E-state index in [2.05, 4.69) is 10.2 Å². The lowest BCUT2D eigenvalue weighted by Crippen LogP contribution is -2.25. The van der Waals surface area contributed by atoms with Crippen LogP contribution in [0.15, 0.2) is 27.8 Å². The van der Waals surface area contributed by atoms with E-state index >= 15 is 0 Å². The maximum Gasteiger partial charge on any atom is 0.320 e. The van der Waals surface area contributed by atoms with Gasteiger partial charge in [-0.15, -0.1) is 0 Å². The molecule has 106 valence electrons. The predicted octanol–water partition coefficient (Wildman–Crippen LogP) is -0.957. The minimum atomic E-state index is -4.17. The molecule has 0 aliphatic heterocycles. The van der Waals surface area contributed by atoms with Gasteiger partial charge >= 0.3 is 5.97 Å². The number of carboxylic acid groups (broad SMARTS) is 1. The molecule has 0 unspecified atom stereocenters. The number of hydrogen-bond donors (Lipinski definition) is 4. The van der Waals surface area contributed by atoms with Crippen molar-refractivity contribution in [2.24, 2.45) is 0 Å². The zero-order valence-corrected chi connectivity index (χ0v) is 10.7. The number of rotatable bonds is 4. The number of aromatic amines is 2. The van der Waals surface area contributed by atoms with Crippen LogP contribution in [0.4, 0.5) is 5.69 Å². The molecule has 0 amide bonds. The first-order valence-electron chi connectivity index (χ1n) is 5.26. The molecule has 0 fully saturated rings. The summed E-state index contributed by atoms with van der Waals surface area (Å²) in [4.78, 5) is 33.7. The average Bonchev–Trinajstić information content (AvgIpc) is 2.32. The number of H-pyrrole nitrogens is 2. The van der Waals surface area contributed by atoms with E-state index < -0.39 is 32.9 Å². The van der Waals surface area contributed by atoms with Crippen LogP contribution in [-0.4, -0.2) is 35.4 Å². The summed E-state index contributed by atoms with van der Waals surface area (Å²) in [5.74, 6) is -2.69. The molecule has 4 N–H and O–H groups in total.